The summed E-state index contributed by atoms with van der Waals surface area (Å²) in [6.07, 6.45) is 4.89. The lowest BCUT2D eigenvalue weighted by Gasteiger charge is -2.37. The Kier molecular flexibility index (Phi) is 6.50. The maximum atomic E-state index is 13.9. The fraction of sp³-hybridized carbons (Fsp3) is 0.524. The lowest BCUT2D eigenvalue weighted by molar-refractivity contribution is 0.207. The zero-order valence-electron chi connectivity index (χ0n) is 16.6. The van der Waals surface area contributed by atoms with E-state index in [-0.39, 0.29) is 5.75 Å². The first-order valence-corrected chi connectivity index (χ1v) is 11.1. The SMILES string of the molecule is COc1cc(N2CCC(N3CCCC3)CC2)nc(SCc2cccc(F)c2F)n1. The Balaban J connectivity index is 1.43. The number of likely N-dealkylation sites (tertiary alicyclic amines) is 1. The lowest BCUT2D eigenvalue weighted by atomic mass is 10.0. The second kappa shape index (κ2) is 9.26. The van der Waals surface area contributed by atoms with Gasteiger partial charge in [0.25, 0.3) is 0 Å². The summed E-state index contributed by atoms with van der Waals surface area (Å²) in [5, 5.41) is 0.504. The molecule has 0 aliphatic carbocycles. The average Bonchev–Trinajstić information content (AvgIpc) is 3.29. The monoisotopic (exact) mass is 420 g/mol. The minimum Gasteiger partial charge on any atom is -0.481 e. The van der Waals surface area contributed by atoms with Crippen molar-refractivity contribution < 1.29 is 13.5 Å². The predicted molar refractivity (Wildman–Crippen MR) is 111 cm³/mol. The van der Waals surface area contributed by atoms with E-state index in [1.54, 1.807) is 13.2 Å². The normalized spacial score (nSPS) is 18.4. The highest BCUT2D eigenvalue weighted by Gasteiger charge is 2.27. The van der Waals surface area contributed by atoms with Crippen molar-refractivity contribution in [1.82, 2.24) is 14.9 Å². The van der Waals surface area contributed by atoms with Crippen molar-refractivity contribution in [3.05, 3.63) is 41.5 Å². The van der Waals surface area contributed by atoms with Crippen molar-refractivity contribution in [3.8, 4) is 5.88 Å². The van der Waals surface area contributed by atoms with Gasteiger partial charge in [-0.3, -0.25) is 0 Å². The third-order valence-electron chi connectivity index (χ3n) is 5.71. The molecule has 2 aliphatic rings. The first-order chi connectivity index (χ1) is 14.1. The van der Waals surface area contributed by atoms with Gasteiger partial charge in [0, 0.05) is 36.5 Å². The number of anilines is 1. The van der Waals surface area contributed by atoms with Gasteiger partial charge in [-0.2, -0.15) is 4.98 Å². The maximum absolute atomic E-state index is 13.9. The molecule has 0 N–H and O–H groups in total. The first-order valence-electron chi connectivity index (χ1n) is 10.1. The molecule has 0 amide bonds. The fourth-order valence-electron chi connectivity index (χ4n) is 4.09. The Morgan fingerprint density at radius 2 is 1.86 bits per heavy atom. The van der Waals surface area contributed by atoms with Crippen molar-refractivity contribution in [2.24, 2.45) is 0 Å². The summed E-state index contributed by atoms with van der Waals surface area (Å²) in [6.45, 7) is 4.35. The van der Waals surface area contributed by atoms with E-state index in [1.165, 1.54) is 43.8 Å². The molecular formula is C21H26F2N4OS. The molecule has 2 aromatic rings. The van der Waals surface area contributed by atoms with Crippen LogP contribution in [0.25, 0.3) is 0 Å². The third-order valence-corrected chi connectivity index (χ3v) is 6.61. The minimum absolute atomic E-state index is 0.257. The second-order valence-electron chi connectivity index (χ2n) is 7.51. The van der Waals surface area contributed by atoms with Gasteiger partial charge in [-0.15, -0.1) is 0 Å². The quantitative estimate of drug-likeness (QED) is 0.517. The Labute approximate surface area is 174 Å². The summed E-state index contributed by atoms with van der Waals surface area (Å²) in [5.41, 5.74) is 0.300. The van der Waals surface area contributed by atoms with Crippen molar-refractivity contribution in [1.29, 1.82) is 0 Å². The van der Waals surface area contributed by atoms with Gasteiger partial charge in [-0.05, 0) is 44.8 Å². The summed E-state index contributed by atoms with van der Waals surface area (Å²) in [4.78, 5) is 13.9. The Bertz CT molecular complexity index is 839. The zero-order valence-corrected chi connectivity index (χ0v) is 17.4. The van der Waals surface area contributed by atoms with Gasteiger partial charge in [-0.25, -0.2) is 13.8 Å². The molecule has 0 bridgehead atoms. The largest absolute Gasteiger partial charge is 0.481 e. The number of hydrogen-bond donors (Lipinski definition) is 0. The number of nitrogens with zero attached hydrogens (tertiary/aromatic N) is 4. The van der Waals surface area contributed by atoms with Gasteiger partial charge in [0.15, 0.2) is 16.8 Å². The number of ether oxygens (including phenoxy) is 1. The standard InChI is InChI=1S/C21H26F2N4OS/c1-28-19-13-18(27-11-7-16(8-12-27)26-9-2-3-10-26)24-21(25-19)29-14-15-5-4-6-17(22)20(15)23/h4-6,13,16H,2-3,7-12,14H2,1H3. The van der Waals surface area contributed by atoms with Crippen LogP contribution in [0.4, 0.5) is 14.6 Å². The Hall–Kier alpha value is -1.93. The van der Waals surface area contributed by atoms with E-state index in [1.807, 2.05) is 6.07 Å². The molecule has 0 atom stereocenters. The topological polar surface area (TPSA) is 41.5 Å². The molecule has 3 heterocycles. The van der Waals surface area contributed by atoms with Crippen LogP contribution in [0.5, 0.6) is 5.88 Å². The number of methoxy groups -OCH3 is 1. The second-order valence-corrected chi connectivity index (χ2v) is 8.46. The lowest BCUT2D eigenvalue weighted by Crippen LogP contribution is -2.44. The first kappa shape index (κ1) is 20.3. The van der Waals surface area contributed by atoms with Crippen LogP contribution in [0, 0.1) is 11.6 Å². The zero-order chi connectivity index (χ0) is 20.2. The van der Waals surface area contributed by atoms with Crippen LogP contribution in [-0.2, 0) is 5.75 Å². The molecule has 1 aromatic heterocycles. The number of rotatable bonds is 6. The van der Waals surface area contributed by atoms with Crippen molar-refractivity contribution >= 4 is 17.6 Å². The van der Waals surface area contributed by atoms with Crippen LogP contribution < -0.4 is 9.64 Å². The third kappa shape index (κ3) is 4.80. The van der Waals surface area contributed by atoms with E-state index in [2.05, 4.69) is 19.8 Å². The van der Waals surface area contributed by atoms with Crippen LogP contribution in [0.1, 0.15) is 31.2 Å². The molecule has 8 heteroatoms. The van der Waals surface area contributed by atoms with Crippen LogP contribution in [0.2, 0.25) is 0 Å². The summed E-state index contributed by atoms with van der Waals surface area (Å²) in [7, 11) is 1.58. The summed E-state index contributed by atoms with van der Waals surface area (Å²) in [6, 6.07) is 6.73. The highest BCUT2D eigenvalue weighted by Crippen LogP contribution is 2.29. The van der Waals surface area contributed by atoms with Crippen LogP contribution >= 0.6 is 11.8 Å². The van der Waals surface area contributed by atoms with Gasteiger partial charge >= 0.3 is 0 Å². The highest BCUT2D eigenvalue weighted by molar-refractivity contribution is 7.98. The van der Waals surface area contributed by atoms with E-state index in [4.69, 9.17) is 4.74 Å². The van der Waals surface area contributed by atoms with Crippen LogP contribution in [-0.4, -0.2) is 54.2 Å². The molecule has 29 heavy (non-hydrogen) atoms. The van der Waals surface area contributed by atoms with Crippen molar-refractivity contribution in [2.45, 2.75) is 42.6 Å². The average molecular weight is 421 g/mol. The molecule has 1 aromatic carbocycles. The van der Waals surface area contributed by atoms with Crippen LogP contribution in [0.15, 0.2) is 29.4 Å². The molecular weight excluding hydrogens is 394 g/mol. The highest BCUT2D eigenvalue weighted by atomic mass is 32.2. The molecule has 0 saturated carbocycles. The molecule has 2 fully saturated rings. The van der Waals surface area contributed by atoms with Gasteiger partial charge in [-0.1, -0.05) is 23.9 Å². The molecule has 156 valence electrons. The molecule has 4 rings (SSSR count). The molecule has 5 nitrogen and oxygen atoms in total. The number of thioether (sulfide) groups is 1. The number of halogens is 2. The van der Waals surface area contributed by atoms with Crippen molar-refractivity contribution in [3.63, 3.8) is 0 Å². The number of hydrogen-bond acceptors (Lipinski definition) is 6. The summed E-state index contributed by atoms with van der Waals surface area (Å²) in [5.74, 6) is -0.0751. The molecule has 0 spiro atoms. The Morgan fingerprint density at radius 3 is 2.59 bits per heavy atom. The molecule has 2 saturated heterocycles. The van der Waals surface area contributed by atoms with E-state index < -0.39 is 11.6 Å². The number of aromatic nitrogens is 2. The summed E-state index contributed by atoms with van der Waals surface area (Å²) >= 11 is 1.28. The summed E-state index contributed by atoms with van der Waals surface area (Å²) < 4.78 is 32.7. The predicted octanol–water partition coefficient (Wildman–Crippen LogP) is 4.12. The van der Waals surface area contributed by atoms with Crippen LogP contribution in [0.3, 0.4) is 0 Å². The molecule has 0 radical (unpaired) electrons. The number of piperidine rings is 1. The fourth-order valence-corrected chi connectivity index (χ4v) is 4.91. The molecule has 2 aliphatic heterocycles. The van der Waals surface area contributed by atoms with Gasteiger partial charge in [0.2, 0.25) is 5.88 Å². The van der Waals surface area contributed by atoms with Crippen molar-refractivity contribution in [2.75, 3.05) is 38.2 Å². The van der Waals surface area contributed by atoms with Gasteiger partial charge in [0.05, 0.1) is 7.11 Å². The van der Waals surface area contributed by atoms with E-state index in [0.29, 0.717) is 22.6 Å². The van der Waals surface area contributed by atoms with E-state index in [9.17, 15) is 8.78 Å². The van der Waals surface area contributed by atoms with Gasteiger partial charge < -0.3 is 14.5 Å². The maximum Gasteiger partial charge on any atom is 0.219 e. The minimum atomic E-state index is -0.837. The smallest absolute Gasteiger partial charge is 0.219 e. The molecule has 0 unspecified atom stereocenters. The van der Waals surface area contributed by atoms with Gasteiger partial charge in [0.1, 0.15) is 5.82 Å². The van der Waals surface area contributed by atoms with E-state index >= 15 is 0 Å². The number of benzene rings is 1. The van der Waals surface area contributed by atoms with E-state index in [0.717, 1.165) is 37.8 Å². The Morgan fingerprint density at radius 1 is 1.10 bits per heavy atom.